The lowest BCUT2D eigenvalue weighted by Gasteiger charge is -2.25. The Morgan fingerprint density at radius 2 is 1.68 bits per heavy atom. The first kappa shape index (κ1) is 27.1. The highest BCUT2D eigenvalue weighted by Gasteiger charge is 2.30. The van der Waals surface area contributed by atoms with Gasteiger partial charge in [-0.05, 0) is 85.5 Å². The lowest BCUT2D eigenvalue weighted by molar-refractivity contribution is -0.125. The summed E-state index contributed by atoms with van der Waals surface area (Å²) in [5.41, 5.74) is 8.43. The zero-order chi connectivity index (χ0) is 27.2. The van der Waals surface area contributed by atoms with E-state index in [-0.39, 0.29) is 0 Å². The Hall–Kier alpha value is -3.95. The van der Waals surface area contributed by atoms with Crippen molar-refractivity contribution in [2.45, 2.75) is 26.0 Å². The van der Waals surface area contributed by atoms with Gasteiger partial charge in [0.15, 0.2) is 6.10 Å². The number of nitrogens with two attached hydrogens (primary N) is 1. The molecule has 1 aromatic heterocycles. The van der Waals surface area contributed by atoms with Gasteiger partial charge in [-0.3, -0.25) is 9.59 Å². The van der Waals surface area contributed by atoms with E-state index in [1.165, 1.54) is 0 Å². The second kappa shape index (κ2) is 12.1. The van der Waals surface area contributed by atoms with Crippen molar-refractivity contribution in [1.29, 1.82) is 0 Å². The number of nitrogens with one attached hydrogen (secondary N) is 2. The largest absolute Gasteiger partial charge is 0.383 e. The molecule has 2 atom stereocenters. The molecule has 0 saturated heterocycles. The zero-order valence-corrected chi connectivity index (χ0v) is 22.8. The number of pyridine rings is 1. The molecule has 196 valence electrons. The van der Waals surface area contributed by atoms with Gasteiger partial charge in [-0.25, -0.2) is 4.98 Å². The van der Waals surface area contributed by atoms with Gasteiger partial charge in [0.2, 0.25) is 0 Å². The molecule has 0 aliphatic carbocycles. The van der Waals surface area contributed by atoms with Crippen LogP contribution in [0, 0.1) is 0 Å². The number of hydrogen-bond acceptors (Lipinski definition) is 6. The van der Waals surface area contributed by atoms with Crippen LogP contribution in [0.4, 0.5) is 17.2 Å². The Morgan fingerprint density at radius 3 is 2.34 bits per heavy atom. The van der Waals surface area contributed by atoms with E-state index in [2.05, 4.69) is 50.3 Å². The second-order valence-corrected chi connectivity index (χ2v) is 9.70. The number of hydrogen-bond donors (Lipinski definition) is 4. The number of fused-ring (bicyclic) bond motifs is 1. The number of carbonyl (C=O) groups is 2. The van der Waals surface area contributed by atoms with Crippen LogP contribution in [0.3, 0.4) is 0 Å². The number of nitrogen functional groups attached to an aromatic ring is 1. The molecule has 0 aliphatic rings. The van der Waals surface area contributed by atoms with Gasteiger partial charge in [-0.1, -0.05) is 28.1 Å². The Bertz CT molecular complexity index is 1420. The van der Waals surface area contributed by atoms with Crippen molar-refractivity contribution in [2.24, 2.45) is 0 Å². The molecule has 1 heterocycles. The van der Waals surface area contributed by atoms with E-state index >= 15 is 0 Å². The number of aromatic nitrogens is 1. The SMILES string of the molecule is CCN(CC)c1ccc(C(=O)NC(c2ccc(Br)cc2)C(O)C(=O)Nc2ccc3c(N)nccc3c2)cc1. The molecule has 9 heteroatoms. The second-order valence-electron chi connectivity index (χ2n) is 8.79. The number of benzene rings is 3. The molecule has 4 aromatic rings. The van der Waals surface area contributed by atoms with Gasteiger partial charge in [-0.15, -0.1) is 0 Å². The van der Waals surface area contributed by atoms with E-state index in [0.29, 0.717) is 22.6 Å². The maximum atomic E-state index is 13.2. The van der Waals surface area contributed by atoms with Crippen molar-refractivity contribution in [3.63, 3.8) is 0 Å². The molecule has 0 bridgehead atoms. The van der Waals surface area contributed by atoms with E-state index in [0.717, 1.165) is 34.0 Å². The topological polar surface area (TPSA) is 121 Å². The average Bonchev–Trinajstić information content (AvgIpc) is 2.93. The van der Waals surface area contributed by atoms with Crippen LogP contribution >= 0.6 is 15.9 Å². The zero-order valence-electron chi connectivity index (χ0n) is 21.2. The van der Waals surface area contributed by atoms with Crippen molar-refractivity contribution in [3.05, 3.63) is 94.6 Å². The molecule has 0 spiro atoms. The lowest BCUT2D eigenvalue weighted by atomic mass is 9.99. The van der Waals surface area contributed by atoms with E-state index < -0.39 is 24.0 Å². The number of halogens is 1. The number of aliphatic hydroxyl groups excluding tert-OH is 1. The van der Waals surface area contributed by atoms with Crippen LogP contribution in [0.2, 0.25) is 0 Å². The molecule has 0 saturated carbocycles. The summed E-state index contributed by atoms with van der Waals surface area (Å²) >= 11 is 3.40. The molecule has 0 fully saturated rings. The molecule has 8 nitrogen and oxygen atoms in total. The Kier molecular flexibility index (Phi) is 8.60. The number of nitrogens with zero attached hydrogens (tertiary/aromatic N) is 2. The predicted octanol–water partition coefficient (Wildman–Crippen LogP) is 4.90. The average molecular weight is 576 g/mol. The van der Waals surface area contributed by atoms with Gasteiger partial charge in [0.25, 0.3) is 11.8 Å². The summed E-state index contributed by atoms with van der Waals surface area (Å²) in [5.74, 6) is -0.662. The van der Waals surface area contributed by atoms with Crippen molar-refractivity contribution in [3.8, 4) is 0 Å². The highest BCUT2D eigenvalue weighted by Crippen LogP contribution is 2.25. The molecular weight excluding hydrogens is 546 g/mol. The third-order valence-corrected chi connectivity index (χ3v) is 6.95. The van der Waals surface area contributed by atoms with Crippen LogP contribution in [0.25, 0.3) is 10.8 Å². The first-order valence-corrected chi connectivity index (χ1v) is 13.1. The van der Waals surface area contributed by atoms with Crippen LogP contribution in [0.1, 0.15) is 35.8 Å². The van der Waals surface area contributed by atoms with E-state index in [4.69, 9.17) is 5.73 Å². The quantitative estimate of drug-likeness (QED) is 0.225. The summed E-state index contributed by atoms with van der Waals surface area (Å²) in [4.78, 5) is 32.6. The first-order chi connectivity index (χ1) is 18.3. The standard InChI is InChI=1S/C29H30BrN5O3/c1-3-35(4-2)23-12-7-19(8-13-23)28(37)34-25(18-5-9-21(30)10-6-18)26(36)29(38)33-22-11-14-24-20(17-22)15-16-32-27(24)31/h5-17,25-26,36H,3-4H2,1-2H3,(H2,31,32)(H,33,38)(H,34,37). The Labute approximate surface area is 230 Å². The van der Waals surface area contributed by atoms with Gasteiger partial charge >= 0.3 is 0 Å². The summed E-state index contributed by atoms with van der Waals surface area (Å²) in [7, 11) is 0. The molecule has 4 rings (SSSR count). The first-order valence-electron chi connectivity index (χ1n) is 12.3. The lowest BCUT2D eigenvalue weighted by Crippen LogP contribution is -2.42. The minimum Gasteiger partial charge on any atom is -0.383 e. The number of anilines is 3. The van der Waals surface area contributed by atoms with Crippen LogP contribution in [-0.2, 0) is 4.79 Å². The van der Waals surface area contributed by atoms with Crippen molar-refractivity contribution >= 4 is 55.7 Å². The Balaban J connectivity index is 1.56. The summed E-state index contributed by atoms with van der Waals surface area (Å²) in [5, 5.41) is 18.3. The number of carbonyl (C=O) groups excluding carboxylic acids is 2. The normalized spacial score (nSPS) is 12.5. The fraction of sp³-hybridized carbons (Fsp3) is 0.207. The van der Waals surface area contributed by atoms with Gasteiger partial charge in [0.1, 0.15) is 5.82 Å². The molecule has 3 aromatic carbocycles. The fourth-order valence-corrected chi connectivity index (χ4v) is 4.56. The predicted molar refractivity (Wildman–Crippen MR) is 155 cm³/mol. The maximum absolute atomic E-state index is 13.2. The number of rotatable bonds is 9. The van der Waals surface area contributed by atoms with E-state index in [1.807, 2.05) is 12.1 Å². The van der Waals surface area contributed by atoms with Crippen LogP contribution in [-0.4, -0.2) is 41.1 Å². The van der Waals surface area contributed by atoms with Crippen LogP contribution in [0.5, 0.6) is 0 Å². The summed E-state index contributed by atoms with van der Waals surface area (Å²) in [6.07, 6.45) is 0.0273. The summed E-state index contributed by atoms with van der Waals surface area (Å²) < 4.78 is 0.835. The smallest absolute Gasteiger partial charge is 0.255 e. The number of aliphatic hydroxyl groups is 1. The minimum absolute atomic E-state index is 0.392. The molecule has 0 aliphatic heterocycles. The molecule has 5 N–H and O–H groups in total. The van der Waals surface area contributed by atoms with Crippen LogP contribution in [0.15, 0.2) is 83.5 Å². The van der Waals surface area contributed by atoms with Gasteiger partial charge in [0.05, 0.1) is 6.04 Å². The molecule has 2 unspecified atom stereocenters. The molecule has 0 radical (unpaired) electrons. The summed E-state index contributed by atoms with van der Waals surface area (Å²) in [6.45, 7) is 5.86. The maximum Gasteiger partial charge on any atom is 0.255 e. The third kappa shape index (κ3) is 6.12. The number of amides is 2. The monoisotopic (exact) mass is 575 g/mol. The van der Waals surface area contributed by atoms with Crippen molar-refractivity contribution in [2.75, 3.05) is 29.0 Å². The van der Waals surface area contributed by atoms with Gasteiger partial charge in [0, 0.05) is 46.1 Å². The third-order valence-electron chi connectivity index (χ3n) is 6.42. The van der Waals surface area contributed by atoms with Crippen molar-refractivity contribution in [1.82, 2.24) is 10.3 Å². The minimum atomic E-state index is -1.56. The van der Waals surface area contributed by atoms with Gasteiger partial charge < -0.3 is 26.4 Å². The highest BCUT2D eigenvalue weighted by molar-refractivity contribution is 9.10. The van der Waals surface area contributed by atoms with Gasteiger partial charge in [-0.2, -0.15) is 0 Å². The fourth-order valence-electron chi connectivity index (χ4n) is 4.30. The van der Waals surface area contributed by atoms with Crippen LogP contribution < -0.4 is 21.3 Å². The molecule has 38 heavy (non-hydrogen) atoms. The summed E-state index contributed by atoms with van der Waals surface area (Å²) in [6, 6.07) is 20.3. The van der Waals surface area contributed by atoms with Crippen molar-refractivity contribution < 1.29 is 14.7 Å². The Morgan fingerprint density at radius 1 is 1.00 bits per heavy atom. The molecule has 2 amide bonds. The van der Waals surface area contributed by atoms with E-state index in [1.54, 1.807) is 66.9 Å². The molecular formula is C29H30BrN5O3. The highest BCUT2D eigenvalue weighted by atomic mass is 79.9. The van der Waals surface area contributed by atoms with E-state index in [9.17, 15) is 14.7 Å².